The van der Waals surface area contributed by atoms with Crippen LogP contribution in [0.25, 0.3) is 0 Å². The van der Waals surface area contributed by atoms with Crippen molar-refractivity contribution >= 4 is 17.8 Å². The highest BCUT2D eigenvalue weighted by Crippen LogP contribution is 2.32. The topological polar surface area (TPSA) is 72.4 Å². The third-order valence-corrected chi connectivity index (χ3v) is 5.48. The summed E-state index contributed by atoms with van der Waals surface area (Å²) >= 11 is 0. The highest BCUT2D eigenvalue weighted by atomic mass is 16.7. The smallest absolute Gasteiger partial charge is 0.271 e. The summed E-state index contributed by atoms with van der Waals surface area (Å²) in [6.07, 6.45) is 1.58. The molecule has 1 N–H and O–H groups in total. The van der Waals surface area contributed by atoms with E-state index in [1.165, 1.54) is 5.56 Å². The van der Waals surface area contributed by atoms with Crippen LogP contribution in [-0.4, -0.2) is 25.5 Å². The fourth-order valence-electron chi connectivity index (χ4n) is 3.86. The molecule has 0 fully saturated rings. The normalized spacial score (nSPS) is 14.0. The first-order valence-corrected chi connectivity index (χ1v) is 10.5. The summed E-state index contributed by atoms with van der Waals surface area (Å²) in [6.45, 7) is 4.42. The lowest BCUT2D eigenvalue weighted by atomic mass is 10.1. The monoisotopic (exact) mass is 429 g/mol. The molecule has 7 nitrogen and oxygen atoms in total. The lowest BCUT2D eigenvalue weighted by Gasteiger charge is -2.18. The first kappa shape index (κ1) is 19.9. The fraction of sp³-hybridized carbons (Fsp3) is 0.200. The van der Waals surface area contributed by atoms with Crippen LogP contribution in [0.2, 0.25) is 0 Å². The van der Waals surface area contributed by atoms with Crippen molar-refractivity contribution in [2.24, 2.45) is 5.10 Å². The predicted molar refractivity (Wildman–Crippen MR) is 122 cm³/mol. The van der Waals surface area contributed by atoms with E-state index in [1.54, 1.807) is 6.21 Å². The molecule has 0 radical (unpaired) electrons. The maximum Gasteiger partial charge on any atom is 0.271 e. The van der Waals surface area contributed by atoms with Gasteiger partial charge < -0.3 is 19.1 Å². The zero-order valence-electron chi connectivity index (χ0n) is 17.7. The summed E-state index contributed by atoms with van der Waals surface area (Å²) in [5, 5.41) is 4.08. The van der Waals surface area contributed by atoms with Gasteiger partial charge in [-0.2, -0.15) is 5.10 Å². The molecule has 7 heteroatoms. The molecule has 0 aromatic heterocycles. The number of fused-ring (bicyclic) bond motifs is 2. The second-order valence-electron chi connectivity index (χ2n) is 7.58. The molecule has 0 bridgehead atoms. The van der Waals surface area contributed by atoms with Gasteiger partial charge in [0.2, 0.25) is 6.79 Å². The van der Waals surface area contributed by atoms with Gasteiger partial charge in [-0.1, -0.05) is 6.07 Å². The minimum atomic E-state index is -0.246. The van der Waals surface area contributed by atoms with Gasteiger partial charge >= 0.3 is 0 Å². The van der Waals surface area contributed by atoms with Crippen molar-refractivity contribution in [2.45, 2.75) is 20.0 Å². The molecular formula is C25H23N3O4. The summed E-state index contributed by atoms with van der Waals surface area (Å²) < 4.78 is 16.2. The summed E-state index contributed by atoms with van der Waals surface area (Å²) in [6, 6.07) is 19.4. The molecule has 0 saturated heterocycles. The molecule has 3 aromatic rings. The summed E-state index contributed by atoms with van der Waals surface area (Å²) in [5.41, 5.74) is 7.49. The zero-order valence-corrected chi connectivity index (χ0v) is 17.7. The van der Waals surface area contributed by atoms with Crippen molar-refractivity contribution in [3.05, 3.63) is 82.9 Å². The van der Waals surface area contributed by atoms with Gasteiger partial charge in [0, 0.05) is 24.3 Å². The van der Waals surface area contributed by atoms with Gasteiger partial charge in [-0.3, -0.25) is 4.79 Å². The largest absolute Gasteiger partial charge is 0.494 e. The van der Waals surface area contributed by atoms with E-state index < -0.39 is 0 Å². The number of hydrogen-bond acceptors (Lipinski definition) is 6. The number of benzene rings is 3. The van der Waals surface area contributed by atoms with Gasteiger partial charge in [0.1, 0.15) is 5.75 Å². The predicted octanol–water partition coefficient (Wildman–Crippen LogP) is 4.10. The number of ether oxygens (including phenoxy) is 3. The molecule has 0 spiro atoms. The van der Waals surface area contributed by atoms with Gasteiger partial charge in [0.05, 0.1) is 12.8 Å². The SMILES string of the molecule is CCOc1ccc(N2Cc3ccc(C(=O)NN=Cc4ccc5c(c4)OCO5)cc3C2)cc1. The summed E-state index contributed by atoms with van der Waals surface area (Å²) in [4.78, 5) is 14.9. The maximum absolute atomic E-state index is 12.6. The van der Waals surface area contributed by atoms with Crippen LogP contribution >= 0.6 is 0 Å². The van der Waals surface area contributed by atoms with Crippen LogP contribution in [0.3, 0.4) is 0 Å². The number of nitrogens with one attached hydrogen (secondary N) is 1. The molecule has 1 amide bonds. The van der Waals surface area contributed by atoms with Crippen LogP contribution in [0.5, 0.6) is 17.2 Å². The van der Waals surface area contributed by atoms with Crippen LogP contribution in [-0.2, 0) is 13.1 Å². The molecule has 32 heavy (non-hydrogen) atoms. The number of amides is 1. The quantitative estimate of drug-likeness (QED) is 0.472. The van der Waals surface area contributed by atoms with E-state index in [-0.39, 0.29) is 12.7 Å². The summed E-state index contributed by atoms with van der Waals surface area (Å²) in [5.74, 6) is 2.01. The van der Waals surface area contributed by atoms with Gasteiger partial charge in [-0.25, -0.2) is 5.43 Å². The molecule has 0 atom stereocenters. The zero-order chi connectivity index (χ0) is 21.9. The average molecular weight is 429 g/mol. The van der Waals surface area contributed by atoms with E-state index in [1.807, 2.05) is 55.5 Å². The van der Waals surface area contributed by atoms with Crippen LogP contribution < -0.4 is 24.5 Å². The second-order valence-corrected chi connectivity index (χ2v) is 7.58. The van der Waals surface area contributed by atoms with Gasteiger partial charge in [-0.05, 0) is 78.2 Å². The molecular weight excluding hydrogens is 406 g/mol. The number of hydrogen-bond donors (Lipinski definition) is 1. The van der Waals surface area contributed by atoms with Gasteiger partial charge in [0.25, 0.3) is 5.91 Å². The van der Waals surface area contributed by atoms with Crippen molar-refractivity contribution in [1.82, 2.24) is 5.43 Å². The molecule has 5 rings (SSSR count). The Labute approximate surface area is 186 Å². The third-order valence-electron chi connectivity index (χ3n) is 5.48. The van der Waals surface area contributed by atoms with E-state index in [4.69, 9.17) is 14.2 Å². The van der Waals surface area contributed by atoms with Crippen molar-refractivity contribution in [3.8, 4) is 17.2 Å². The minimum absolute atomic E-state index is 0.223. The Kier molecular flexibility index (Phi) is 5.37. The summed E-state index contributed by atoms with van der Waals surface area (Å²) in [7, 11) is 0. The average Bonchev–Trinajstić information content (AvgIpc) is 3.45. The third kappa shape index (κ3) is 4.09. The molecule has 3 aromatic carbocycles. The van der Waals surface area contributed by atoms with E-state index in [0.29, 0.717) is 23.7 Å². The van der Waals surface area contributed by atoms with Crippen molar-refractivity contribution < 1.29 is 19.0 Å². The van der Waals surface area contributed by atoms with E-state index >= 15 is 0 Å². The van der Waals surface area contributed by atoms with Crippen LogP contribution in [0.4, 0.5) is 5.69 Å². The Bertz CT molecular complexity index is 1170. The van der Waals surface area contributed by atoms with Gasteiger partial charge in [-0.15, -0.1) is 0 Å². The number of nitrogens with zero attached hydrogens (tertiary/aromatic N) is 2. The standard InChI is InChI=1S/C25H23N3O4/c1-2-30-22-8-6-21(7-9-22)28-14-19-5-4-18(12-20(19)15-28)25(29)27-26-13-17-3-10-23-24(11-17)32-16-31-23/h3-13H,2,14-16H2,1H3,(H,27,29). The molecule has 0 aliphatic carbocycles. The first-order valence-electron chi connectivity index (χ1n) is 10.5. The fourth-order valence-corrected chi connectivity index (χ4v) is 3.86. The Morgan fingerprint density at radius 2 is 1.84 bits per heavy atom. The lowest BCUT2D eigenvalue weighted by Crippen LogP contribution is -2.17. The van der Waals surface area contributed by atoms with Gasteiger partial charge in [0.15, 0.2) is 11.5 Å². The number of carbonyl (C=O) groups is 1. The lowest BCUT2D eigenvalue weighted by molar-refractivity contribution is 0.0955. The highest BCUT2D eigenvalue weighted by molar-refractivity contribution is 5.95. The Morgan fingerprint density at radius 1 is 1.03 bits per heavy atom. The molecule has 2 aliphatic heterocycles. The van der Waals surface area contributed by atoms with Crippen molar-refractivity contribution in [1.29, 1.82) is 0 Å². The van der Waals surface area contributed by atoms with E-state index in [0.717, 1.165) is 35.7 Å². The Balaban J connectivity index is 1.22. The Morgan fingerprint density at radius 3 is 2.69 bits per heavy atom. The first-order chi connectivity index (χ1) is 15.7. The van der Waals surface area contributed by atoms with Crippen LogP contribution in [0, 0.1) is 0 Å². The maximum atomic E-state index is 12.6. The highest BCUT2D eigenvalue weighted by Gasteiger charge is 2.21. The number of rotatable bonds is 6. The van der Waals surface area contributed by atoms with Crippen LogP contribution in [0.1, 0.15) is 34.0 Å². The second kappa shape index (κ2) is 8.63. The van der Waals surface area contributed by atoms with Crippen molar-refractivity contribution in [2.75, 3.05) is 18.3 Å². The van der Waals surface area contributed by atoms with E-state index in [2.05, 4.69) is 27.6 Å². The Hall–Kier alpha value is -4.00. The number of carbonyl (C=O) groups excluding carboxylic acids is 1. The number of anilines is 1. The van der Waals surface area contributed by atoms with E-state index in [9.17, 15) is 4.79 Å². The van der Waals surface area contributed by atoms with Crippen LogP contribution in [0.15, 0.2) is 65.8 Å². The molecule has 0 unspecified atom stereocenters. The minimum Gasteiger partial charge on any atom is -0.494 e. The molecule has 0 saturated carbocycles. The molecule has 162 valence electrons. The van der Waals surface area contributed by atoms with Crippen molar-refractivity contribution in [3.63, 3.8) is 0 Å². The molecule has 2 heterocycles. The molecule has 2 aliphatic rings. The number of hydrazone groups is 1.